The minimum absolute atomic E-state index is 0.0554. The normalized spacial score (nSPS) is 20.6. The van der Waals surface area contributed by atoms with Gasteiger partial charge in [-0.15, -0.1) is 6.42 Å². The van der Waals surface area contributed by atoms with Crippen molar-refractivity contribution in [2.75, 3.05) is 6.61 Å². The van der Waals surface area contributed by atoms with Gasteiger partial charge in [-0.25, -0.2) is 0 Å². The van der Waals surface area contributed by atoms with Gasteiger partial charge in [0, 0.05) is 10.6 Å². The van der Waals surface area contributed by atoms with E-state index in [1.165, 1.54) is 0 Å². The van der Waals surface area contributed by atoms with E-state index in [1.54, 1.807) is 6.07 Å². The molecule has 142 valence electrons. The number of ether oxygens (including phenoxy) is 1. The van der Waals surface area contributed by atoms with Gasteiger partial charge in [-0.1, -0.05) is 54.3 Å². The molecular formula is C21H21ClO4S. The summed E-state index contributed by atoms with van der Waals surface area (Å²) in [4.78, 5) is 0. The maximum absolute atomic E-state index is 11.9. The molecule has 0 aliphatic heterocycles. The summed E-state index contributed by atoms with van der Waals surface area (Å²) < 4.78 is 28.7. The Balaban J connectivity index is 1.78. The molecule has 0 spiro atoms. The number of hydrogen-bond acceptors (Lipinski definition) is 4. The molecule has 6 heteroatoms. The van der Waals surface area contributed by atoms with Crippen molar-refractivity contribution in [2.45, 2.75) is 37.9 Å². The van der Waals surface area contributed by atoms with Crippen molar-refractivity contribution >= 4 is 23.0 Å². The summed E-state index contributed by atoms with van der Waals surface area (Å²) in [6.45, 7) is -0.0554. The third-order valence-corrected chi connectivity index (χ3v) is 5.34. The fourth-order valence-electron chi connectivity index (χ4n) is 3.13. The fourth-order valence-corrected chi connectivity index (χ4v) is 3.94. The summed E-state index contributed by atoms with van der Waals surface area (Å²) in [6, 6.07) is 15.5. The molecule has 1 saturated carbocycles. The van der Waals surface area contributed by atoms with E-state index in [0.29, 0.717) is 5.02 Å². The van der Waals surface area contributed by atoms with Gasteiger partial charge in [-0.05, 0) is 43.0 Å². The van der Waals surface area contributed by atoms with Gasteiger partial charge in [0.15, 0.2) is 0 Å². The number of terminal acetylenes is 1. The molecule has 2 aromatic rings. The van der Waals surface area contributed by atoms with Crippen molar-refractivity contribution < 1.29 is 17.3 Å². The molecule has 0 bridgehead atoms. The van der Waals surface area contributed by atoms with Crippen LogP contribution in [0.25, 0.3) is 11.1 Å². The second kappa shape index (κ2) is 9.91. The van der Waals surface area contributed by atoms with Gasteiger partial charge in [0.2, 0.25) is 0 Å². The topological polar surface area (TPSA) is 44.8 Å². The van der Waals surface area contributed by atoms with E-state index in [-0.39, 0.29) is 18.8 Å². The van der Waals surface area contributed by atoms with Gasteiger partial charge in [-0.3, -0.25) is 8.37 Å². The van der Waals surface area contributed by atoms with Crippen LogP contribution in [0, 0.1) is 12.3 Å². The Morgan fingerprint density at radius 3 is 2.59 bits per heavy atom. The zero-order valence-electron chi connectivity index (χ0n) is 14.8. The molecule has 0 N–H and O–H groups in total. The van der Waals surface area contributed by atoms with E-state index >= 15 is 0 Å². The molecule has 0 radical (unpaired) electrons. The summed E-state index contributed by atoms with van der Waals surface area (Å²) in [5, 5.41) is 0.640. The lowest BCUT2D eigenvalue weighted by atomic mass is 9.94. The van der Waals surface area contributed by atoms with Crippen LogP contribution in [0.2, 0.25) is 5.02 Å². The van der Waals surface area contributed by atoms with Crippen LogP contribution in [0.5, 0.6) is 5.75 Å². The quantitative estimate of drug-likeness (QED) is 0.613. The minimum Gasteiger partial charge on any atom is -0.487 e. The maximum Gasteiger partial charge on any atom is 0.305 e. The van der Waals surface area contributed by atoms with Gasteiger partial charge < -0.3 is 4.74 Å². The van der Waals surface area contributed by atoms with E-state index in [1.807, 2.05) is 42.5 Å². The molecule has 3 rings (SSSR count). The lowest BCUT2D eigenvalue weighted by Crippen LogP contribution is -2.37. The Kier molecular flexibility index (Phi) is 7.31. The first-order valence-electron chi connectivity index (χ1n) is 8.84. The Bertz CT molecular complexity index is 819. The Labute approximate surface area is 167 Å². The summed E-state index contributed by atoms with van der Waals surface area (Å²) in [6.07, 6.45) is 8.16. The minimum atomic E-state index is -1.88. The zero-order chi connectivity index (χ0) is 19.1. The van der Waals surface area contributed by atoms with Crippen LogP contribution >= 0.6 is 11.6 Å². The number of hydrogen-bond donors (Lipinski definition) is 0. The highest BCUT2D eigenvalue weighted by Crippen LogP contribution is 2.35. The molecule has 3 unspecified atom stereocenters. The summed E-state index contributed by atoms with van der Waals surface area (Å²) in [7, 11) is 0. The van der Waals surface area contributed by atoms with Crippen LogP contribution < -0.4 is 4.74 Å². The molecule has 1 fully saturated rings. The SMILES string of the molecule is C#CCOS(=O)OC1CCCCC1Oc1ccc(Cl)cc1-c1ccccc1. The number of halogens is 1. The van der Waals surface area contributed by atoms with Crippen LogP contribution in [0.1, 0.15) is 25.7 Å². The van der Waals surface area contributed by atoms with E-state index in [4.69, 9.17) is 31.1 Å². The van der Waals surface area contributed by atoms with Gasteiger partial charge >= 0.3 is 11.4 Å². The highest BCUT2D eigenvalue weighted by Gasteiger charge is 2.30. The van der Waals surface area contributed by atoms with Gasteiger partial charge in [0.25, 0.3) is 0 Å². The van der Waals surface area contributed by atoms with E-state index in [9.17, 15) is 4.21 Å². The van der Waals surface area contributed by atoms with Crippen LogP contribution in [0.3, 0.4) is 0 Å². The van der Waals surface area contributed by atoms with Gasteiger partial charge in [0.05, 0.1) is 0 Å². The van der Waals surface area contributed by atoms with Crippen molar-refractivity contribution in [3.05, 3.63) is 53.6 Å². The van der Waals surface area contributed by atoms with Crippen LogP contribution in [0.4, 0.5) is 0 Å². The van der Waals surface area contributed by atoms with Crippen LogP contribution in [0.15, 0.2) is 48.5 Å². The van der Waals surface area contributed by atoms with Crippen molar-refractivity contribution in [2.24, 2.45) is 0 Å². The lowest BCUT2D eigenvalue weighted by Gasteiger charge is -2.31. The molecule has 2 aromatic carbocycles. The molecule has 0 heterocycles. The van der Waals surface area contributed by atoms with E-state index in [0.717, 1.165) is 42.6 Å². The monoisotopic (exact) mass is 404 g/mol. The smallest absolute Gasteiger partial charge is 0.305 e. The third-order valence-electron chi connectivity index (χ3n) is 4.39. The zero-order valence-corrected chi connectivity index (χ0v) is 16.4. The number of rotatable bonds is 7. The van der Waals surface area contributed by atoms with Gasteiger partial charge in [-0.2, -0.15) is 4.21 Å². The molecule has 1 aliphatic rings. The predicted molar refractivity (Wildman–Crippen MR) is 108 cm³/mol. The Morgan fingerprint density at radius 2 is 1.85 bits per heavy atom. The molecular weight excluding hydrogens is 384 g/mol. The molecule has 0 aromatic heterocycles. The molecule has 3 atom stereocenters. The maximum atomic E-state index is 11.9. The standard InChI is InChI=1S/C21H21ClO4S/c1-2-14-24-27(23)26-21-11-7-6-10-20(21)25-19-13-12-17(22)15-18(19)16-8-4-3-5-9-16/h1,3-5,8-9,12-13,15,20-21H,6-7,10-11,14H2. The van der Waals surface area contributed by atoms with E-state index in [2.05, 4.69) is 5.92 Å². The lowest BCUT2D eigenvalue weighted by molar-refractivity contribution is 0.0242. The molecule has 1 aliphatic carbocycles. The van der Waals surface area contributed by atoms with Crippen LogP contribution in [-0.2, 0) is 19.7 Å². The molecule has 4 nitrogen and oxygen atoms in total. The predicted octanol–water partition coefficient (Wildman–Crippen LogP) is 4.94. The van der Waals surface area contributed by atoms with Crippen molar-refractivity contribution in [1.29, 1.82) is 0 Å². The second-order valence-electron chi connectivity index (χ2n) is 6.25. The summed E-state index contributed by atoms with van der Waals surface area (Å²) in [5.41, 5.74) is 1.93. The highest BCUT2D eigenvalue weighted by molar-refractivity contribution is 7.75. The van der Waals surface area contributed by atoms with Gasteiger partial charge in [0.1, 0.15) is 24.6 Å². The average molecular weight is 405 g/mol. The first-order valence-corrected chi connectivity index (χ1v) is 10.2. The third kappa shape index (κ3) is 5.57. The van der Waals surface area contributed by atoms with Crippen molar-refractivity contribution in [3.63, 3.8) is 0 Å². The summed E-state index contributed by atoms with van der Waals surface area (Å²) >= 11 is 4.32. The Hall–Kier alpha value is -1.84. The molecule has 27 heavy (non-hydrogen) atoms. The highest BCUT2D eigenvalue weighted by atomic mass is 35.5. The largest absolute Gasteiger partial charge is 0.487 e. The first kappa shape index (κ1) is 19.9. The summed E-state index contributed by atoms with van der Waals surface area (Å²) in [5.74, 6) is 3.00. The van der Waals surface area contributed by atoms with E-state index < -0.39 is 11.4 Å². The fraction of sp³-hybridized carbons (Fsp3) is 0.333. The van der Waals surface area contributed by atoms with Crippen molar-refractivity contribution in [1.82, 2.24) is 0 Å². The average Bonchev–Trinajstić information content (AvgIpc) is 2.70. The molecule has 0 amide bonds. The molecule has 0 saturated heterocycles. The first-order chi connectivity index (χ1) is 13.2. The van der Waals surface area contributed by atoms with Crippen molar-refractivity contribution in [3.8, 4) is 29.2 Å². The number of benzene rings is 2. The second-order valence-corrected chi connectivity index (χ2v) is 7.53. The Morgan fingerprint density at radius 1 is 1.11 bits per heavy atom. The van der Waals surface area contributed by atoms with Crippen LogP contribution in [-0.4, -0.2) is 23.0 Å².